The molecule has 0 fully saturated rings. The molecule has 3 heteroatoms. The Bertz CT molecular complexity index is 592. The highest BCUT2D eigenvalue weighted by Gasteiger charge is 2.17. The lowest BCUT2D eigenvalue weighted by Crippen LogP contribution is -2.30. The van der Waals surface area contributed by atoms with E-state index in [0.717, 1.165) is 31.7 Å². The van der Waals surface area contributed by atoms with Crippen LogP contribution in [-0.2, 0) is 19.5 Å². The number of anilines is 1. The molecule has 0 amide bonds. The summed E-state index contributed by atoms with van der Waals surface area (Å²) in [5.41, 5.74) is 12.0. The van der Waals surface area contributed by atoms with Crippen molar-refractivity contribution in [3.05, 3.63) is 58.9 Å². The molecule has 0 atom stereocenters. The van der Waals surface area contributed by atoms with Crippen molar-refractivity contribution < 1.29 is 0 Å². The number of aromatic nitrogens is 1. The lowest BCUT2D eigenvalue weighted by molar-refractivity contribution is 0.242. The Morgan fingerprint density at radius 3 is 3.00 bits per heavy atom. The second kappa shape index (κ2) is 5.02. The first-order valence-corrected chi connectivity index (χ1v) is 6.72. The number of hydrogen-bond donors (Lipinski definition) is 1. The van der Waals surface area contributed by atoms with Crippen LogP contribution in [0, 0.1) is 6.92 Å². The van der Waals surface area contributed by atoms with Crippen LogP contribution in [0.3, 0.4) is 0 Å². The van der Waals surface area contributed by atoms with E-state index in [2.05, 4.69) is 35.0 Å². The molecule has 0 aliphatic carbocycles. The van der Waals surface area contributed by atoms with E-state index in [-0.39, 0.29) is 0 Å². The zero-order valence-electron chi connectivity index (χ0n) is 11.3. The summed E-state index contributed by atoms with van der Waals surface area (Å²) in [6, 6.07) is 10.4. The van der Waals surface area contributed by atoms with E-state index >= 15 is 0 Å². The van der Waals surface area contributed by atoms with Crippen LogP contribution in [-0.4, -0.2) is 16.4 Å². The number of nitrogens with zero attached hydrogens (tertiary/aromatic N) is 2. The van der Waals surface area contributed by atoms with Crippen LogP contribution in [0.1, 0.15) is 22.4 Å². The van der Waals surface area contributed by atoms with Crippen molar-refractivity contribution in [1.82, 2.24) is 9.88 Å². The van der Waals surface area contributed by atoms with Crippen LogP contribution in [0.5, 0.6) is 0 Å². The number of hydrogen-bond acceptors (Lipinski definition) is 3. The summed E-state index contributed by atoms with van der Waals surface area (Å²) in [5.74, 6) is 0. The summed E-state index contributed by atoms with van der Waals surface area (Å²) >= 11 is 0. The molecule has 2 N–H and O–H groups in total. The summed E-state index contributed by atoms with van der Waals surface area (Å²) < 4.78 is 0. The Morgan fingerprint density at radius 2 is 2.16 bits per heavy atom. The van der Waals surface area contributed by atoms with E-state index in [1.54, 1.807) is 0 Å². The van der Waals surface area contributed by atoms with Gasteiger partial charge in [0.05, 0.1) is 5.69 Å². The van der Waals surface area contributed by atoms with Crippen molar-refractivity contribution in [2.45, 2.75) is 26.4 Å². The fraction of sp³-hybridized carbons (Fsp3) is 0.312. The molecule has 0 saturated heterocycles. The number of aryl methyl sites for hydroxylation is 1. The van der Waals surface area contributed by atoms with Gasteiger partial charge in [0.25, 0.3) is 0 Å². The van der Waals surface area contributed by atoms with Gasteiger partial charge in [-0.2, -0.15) is 0 Å². The molecular formula is C16H19N3. The van der Waals surface area contributed by atoms with E-state index < -0.39 is 0 Å². The molecule has 0 saturated carbocycles. The van der Waals surface area contributed by atoms with Gasteiger partial charge in [-0.3, -0.25) is 9.88 Å². The Balaban J connectivity index is 1.77. The third-order valence-electron chi connectivity index (χ3n) is 3.81. The van der Waals surface area contributed by atoms with Crippen molar-refractivity contribution >= 4 is 5.69 Å². The molecule has 3 nitrogen and oxygen atoms in total. The maximum absolute atomic E-state index is 5.87. The highest BCUT2D eigenvalue weighted by molar-refractivity contribution is 5.45. The van der Waals surface area contributed by atoms with Crippen LogP contribution >= 0.6 is 0 Å². The lowest BCUT2D eigenvalue weighted by atomic mass is 9.99. The third kappa shape index (κ3) is 2.61. The van der Waals surface area contributed by atoms with Gasteiger partial charge in [-0.25, -0.2) is 0 Å². The molecule has 1 aromatic carbocycles. The van der Waals surface area contributed by atoms with Crippen LogP contribution in [0.2, 0.25) is 0 Å². The fourth-order valence-corrected chi connectivity index (χ4v) is 2.67. The first-order chi connectivity index (χ1) is 9.22. The standard InChI is InChI=1S/C16H19N3/c1-12-3-2-7-18-16(12)11-19-8-6-13-4-5-15(17)9-14(13)10-19/h2-5,7,9H,6,8,10-11,17H2,1H3. The van der Waals surface area contributed by atoms with Crippen LogP contribution in [0.4, 0.5) is 5.69 Å². The first kappa shape index (κ1) is 12.2. The van der Waals surface area contributed by atoms with Gasteiger partial charge in [0.2, 0.25) is 0 Å². The number of nitrogens with two attached hydrogens (primary N) is 1. The first-order valence-electron chi connectivity index (χ1n) is 6.72. The Labute approximate surface area is 114 Å². The van der Waals surface area contributed by atoms with Gasteiger partial charge in [0.15, 0.2) is 0 Å². The lowest BCUT2D eigenvalue weighted by Gasteiger charge is -2.29. The van der Waals surface area contributed by atoms with Gasteiger partial charge in [-0.1, -0.05) is 12.1 Å². The zero-order valence-corrected chi connectivity index (χ0v) is 11.3. The maximum atomic E-state index is 5.87. The smallest absolute Gasteiger partial charge is 0.0573 e. The van der Waals surface area contributed by atoms with Gasteiger partial charge in [0.1, 0.15) is 0 Å². The maximum Gasteiger partial charge on any atom is 0.0573 e. The monoisotopic (exact) mass is 253 g/mol. The Kier molecular flexibility index (Phi) is 3.22. The van der Waals surface area contributed by atoms with Gasteiger partial charge in [-0.05, 0) is 48.2 Å². The molecule has 19 heavy (non-hydrogen) atoms. The number of fused-ring (bicyclic) bond motifs is 1. The van der Waals surface area contributed by atoms with Crippen molar-refractivity contribution in [3.8, 4) is 0 Å². The molecule has 0 bridgehead atoms. The van der Waals surface area contributed by atoms with E-state index in [0.29, 0.717) is 0 Å². The molecule has 2 heterocycles. The second-order valence-corrected chi connectivity index (χ2v) is 5.26. The molecule has 1 aliphatic rings. The van der Waals surface area contributed by atoms with Crippen molar-refractivity contribution in [3.63, 3.8) is 0 Å². The van der Waals surface area contributed by atoms with Crippen molar-refractivity contribution in [2.24, 2.45) is 0 Å². The summed E-state index contributed by atoms with van der Waals surface area (Å²) in [6.07, 6.45) is 2.97. The van der Waals surface area contributed by atoms with Gasteiger partial charge in [-0.15, -0.1) is 0 Å². The summed E-state index contributed by atoms with van der Waals surface area (Å²) in [6.45, 7) is 5.10. The van der Waals surface area contributed by atoms with Crippen molar-refractivity contribution in [1.29, 1.82) is 0 Å². The quantitative estimate of drug-likeness (QED) is 0.836. The molecule has 2 aromatic rings. The van der Waals surface area contributed by atoms with E-state index in [1.165, 1.54) is 22.4 Å². The third-order valence-corrected chi connectivity index (χ3v) is 3.81. The Hall–Kier alpha value is -1.87. The van der Waals surface area contributed by atoms with Gasteiger partial charge >= 0.3 is 0 Å². The van der Waals surface area contributed by atoms with Crippen LogP contribution < -0.4 is 5.73 Å². The highest BCUT2D eigenvalue weighted by atomic mass is 15.1. The van der Waals surface area contributed by atoms with Crippen LogP contribution in [0.15, 0.2) is 36.5 Å². The minimum Gasteiger partial charge on any atom is -0.399 e. The molecule has 98 valence electrons. The molecule has 1 aliphatic heterocycles. The summed E-state index contributed by atoms with van der Waals surface area (Å²) in [4.78, 5) is 6.92. The predicted molar refractivity (Wildman–Crippen MR) is 77.6 cm³/mol. The number of benzene rings is 1. The summed E-state index contributed by atoms with van der Waals surface area (Å²) in [5, 5.41) is 0. The van der Waals surface area contributed by atoms with Gasteiger partial charge < -0.3 is 5.73 Å². The summed E-state index contributed by atoms with van der Waals surface area (Å²) in [7, 11) is 0. The van der Waals surface area contributed by atoms with Gasteiger partial charge in [0, 0.05) is 31.5 Å². The van der Waals surface area contributed by atoms with Crippen LogP contribution in [0.25, 0.3) is 0 Å². The number of pyridine rings is 1. The largest absolute Gasteiger partial charge is 0.399 e. The molecule has 0 unspecified atom stereocenters. The minimum atomic E-state index is 0.856. The average Bonchev–Trinajstić information content (AvgIpc) is 2.41. The fourth-order valence-electron chi connectivity index (χ4n) is 2.67. The molecule has 0 spiro atoms. The Morgan fingerprint density at radius 1 is 1.26 bits per heavy atom. The highest BCUT2D eigenvalue weighted by Crippen LogP contribution is 2.22. The molecule has 1 aromatic heterocycles. The SMILES string of the molecule is Cc1cccnc1CN1CCc2ccc(N)cc2C1. The van der Waals surface area contributed by atoms with E-state index in [1.807, 2.05) is 18.3 Å². The number of nitrogen functional groups attached to an aromatic ring is 1. The molecule has 0 radical (unpaired) electrons. The van der Waals surface area contributed by atoms with Crippen molar-refractivity contribution in [2.75, 3.05) is 12.3 Å². The minimum absolute atomic E-state index is 0.856. The molecular weight excluding hydrogens is 234 g/mol. The average molecular weight is 253 g/mol. The number of rotatable bonds is 2. The molecule has 3 rings (SSSR count). The van der Waals surface area contributed by atoms with E-state index in [9.17, 15) is 0 Å². The second-order valence-electron chi connectivity index (χ2n) is 5.26. The normalized spacial score (nSPS) is 15.2. The predicted octanol–water partition coefficient (Wildman–Crippen LogP) is 2.53. The topological polar surface area (TPSA) is 42.2 Å². The van der Waals surface area contributed by atoms with E-state index in [4.69, 9.17) is 5.73 Å². The zero-order chi connectivity index (χ0) is 13.2.